The van der Waals surface area contributed by atoms with E-state index in [9.17, 15) is 4.39 Å². The highest BCUT2D eigenvalue weighted by Gasteiger charge is 2.08. The highest BCUT2D eigenvalue weighted by Crippen LogP contribution is 2.22. The van der Waals surface area contributed by atoms with Gasteiger partial charge in [-0.1, -0.05) is 37.6 Å². The van der Waals surface area contributed by atoms with Gasteiger partial charge in [-0.15, -0.1) is 0 Å². The van der Waals surface area contributed by atoms with E-state index in [2.05, 4.69) is 15.3 Å². The Morgan fingerprint density at radius 2 is 1.94 bits per heavy atom. The summed E-state index contributed by atoms with van der Waals surface area (Å²) in [6, 6.07) is 7.97. The summed E-state index contributed by atoms with van der Waals surface area (Å²) in [5.74, 6) is 0.938. The Balaban J connectivity index is 2.32. The molecule has 2 rings (SSSR count). The zero-order valence-corrected chi connectivity index (χ0v) is 10.9. The molecule has 94 valence electrons. The first kappa shape index (κ1) is 12.8. The maximum Gasteiger partial charge on any atom is 0.146 e. The predicted molar refractivity (Wildman–Crippen MR) is 70.8 cm³/mol. The monoisotopic (exact) mass is 265 g/mol. The number of nitrogens with one attached hydrogen (secondary N) is 1. The van der Waals surface area contributed by atoms with Gasteiger partial charge >= 0.3 is 0 Å². The summed E-state index contributed by atoms with van der Waals surface area (Å²) in [6.45, 7) is 3.94. The fourth-order valence-corrected chi connectivity index (χ4v) is 1.65. The lowest BCUT2D eigenvalue weighted by Crippen LogP contribution is -2.02. The van der Waals surface area contributed by atoms with Gasteiger partial charge in [-0.05, 0) is 12.1 Å². The summed E-state index contributed by atoms with van der Waals surface area (Å²) in [4.78, 5) is 8.41. The number of hydrogen-bond acceptors (Lipinski definition) is 3. The first-order chi connectivity index (χ1) is 8.56. The molecule has 5 heteroatoms. The molecule has 0 fully saturated rings. The molecule has 2 aromatic rings. The van der Waals surface area contributed by atoms with Crippen molar-refractivity contribution in [1.82, 2.24) is 9.97 Å². The van der Waals surface area contributed by atoms with Gasteiger partial charge in [0.05, 0.1) is 5.69 Å². The average Bonchev–Trinajstić information content (AvgIpc) is 2.31. The number of benzene rings is 1. The van der Waals surface area contributed by atoms with Crippen LogP contribution in [0, 0.1) is 5.82 Å². The summed E-state index contributed by atoms with van der Waals surface area (Å²) in [5.41, 5.74) is 0.363. The molecule has 0 unspecified atom stereocenters. The van der Waals surface area contributed by atoms with Gasteiger partial charge in [0.15, 0.2) is 0 Å². The lowest BCUT2D eigenvalue weighted by Gasteiger charge is -2.10. The van der Waals surface area contributed by atoms with Crippen LogP contribution in [-0.4, -0.2) is 9.97 Å². The van der Waals surface area contributed by atoms with Crippen molar-refractivity contribution in [2.45, 2.75) is 19.8 Å². The molecule has 3 nitrogen and oxygen atoms in total. The summed E-state index contributed by atoms with van der Waals surface area (Å²) < 4.78 is 13.5. The van der Waals surface area contributed by atoms with E-state index >= 15 is 0 Å². The van der Waals surface area contributed by atoms with Crippen molar-refractivity contribution in [1.29, 1.82) is 0 Å². The topological polar surface area (TPSA) is 37.8 Å². The van der Waals surface area contributed by atoms with Gasteiger partial charge in [-0.3, -0.25) is 0 Å². The normalized spacial score (nSPS) is 10.7. The number of anilines is 2. The van der Waals surface area contributed by atoms with Crippen LogP contribution in [-0.2, 0) is 0 Å². The van der Waals surface area contributed by atoms with E-state index in [-0.39, 0.29) is 11.7 Å². The van der Waals surface area contributed by atoms with Crippen LogP contribution in [0.25, 0.3) is 0 Å². The molecular weight excluding hydrogens is 253 g/mol. The van der Waals surface area contributed by atoms with E-state index in [4.69, 9.17) is 11.6 Å². The fourth-order valence-electron chi connectivity index (χ4n) is 1.46. The van der Waals surface area contributed by atoms with Crippen molar-refractivity contribution < 1.29 is 4.39 Å². The molecule has 0 atom stereocenters. The van der Waals surface area contributed by atoms with Crippen LogP contribution in [0.5, 0.6) is 0 Å². The van der Waals surface area contributed by atoms with Crippen molar-refractivity contribution >= 4 is 23.1 Å². The summed E-state index contributed by atoms with van der Waals surface area (Å²) in [6.07, 6.45) is 0. The molecule has 0 aliphatic rings. The number of para-hydroxylation sites is 1. The lowest BCUT2D eigenvalue weighted by molar-refractivity contribution is 0.631. The number of halogens is 2. The fraction of sp³-hybridized carbons (Fsp3) is 0.231. The van der Waals surface area contributed by atoms with Crippen LogP contribution in [0.3, 0.4) is 0 Å². The van der Waals surface area contributed by atoms with Gasteiger partial charge in [-0.25, -0.2) is 14.4 Å². The number of nitrogens with zero attached hydrogens (tertiary/aromatic N) is 2. The van der Waals surface area contributed by atoms with Crippen LogP contribution in [0.2, 0.25) is 5.15 Å². The second kappa shape index (κ2) is 5.31. The molecular formula is C13H13ClFN3. The number of rotatable bonds is 3. The third-order valence-electron chi connectivity index (χ3n) is 2.37. The average molecular weight is 266 g/mol. The summed E-state index contributed by atoms with van der Waals surface area (Å²) in [7, 11) is 0. The van der Waals surface area contributed by atoms with Crippen molar-refractivity contribution in [3.63, 3.8) is 0 Å². The van der Waals surface area contributed by atoms with Gasteiger partial charge < -0.3 is 5.32 Å². The van der Waals surface area contributed by atoms with Crippen LogP contribution >= 0.6 is 11.6 Å². The molecule has 0 spiro atoms. The standard InChI is InChI=1S/C13H13ClFN3/c1-8(2)13-17-11(14)7-12(18-13)16-10-6-4-3-5-9(10)15/h3-8H,1-2H3,(H,16,17,18). The minimum atomic E-state index is -0.335. The second-order valence-electron chi connectivity index (χ2n) is 4.19. The van der Waals surface area contributed by atoms with Gasteiger partial charge in [0.1, 0.15) is 22.6 Å². The third-order valence-corrected chi connectivity index (χ3v) is 2.56. The minimum absolute atomic E-state index is 0.157. The Morgan fingerprint density at radius 1 is 1.22 bits per heavy atom. The zero-order chi connectivity index (χ0) is 13.1. The molecule has 1 aromatic heterocycles. The van der Waals surface area contributed by atoms with Gasteiger partial charge in [0.2, 0.25) is 0 Å². The Bertz CT molecular complexity index is 558. The molecule has 0 saturated heterocycles. The Hall–Kier alpha value is -1.68. The predicted octanol–water partition coefficient (Wildman–Crippen LogP) is 4.14. The van der Waals surface area contributed by atoms with E-state index in [1.165, 1.54) is 6.07 Å². The zero-order valence-electron chi connectivity index (χ0n) is 10.1. The molecule has 0 radical (unpaired) electrons. The van der Waals surface area contributed by atoms with E-state index in [1.807, 2.05) is 13.8 Å². The molecule has 0 aliphatic carbocycles. The lowest BCUT2D eigenvalue weighted by atomic mass is 10.2. The first-order valence-electron chi connectivity index (χ1n) is 5.62. The summed E-state index contributed by atoms with van der Waals surface area (Å²) in [5, 5.41) is 3.24. The van der Waals surface area contributed by atoms with Crippen LogP contribution in [0.4, 0.5) is 15.9 Å². The van der Waals surface area contributed by atoms with Crippen molar-refractivity contribution in [3.8, 4) is 0 Å². The van der Waals surface area contributed by atoms with E-state index < -0.39 is 0 Å². The van der Waals surface area contributed by atoms with Gasteiger partial charge in [0, 0.05) is 12.0 Å². The van der Waals surface area contributed by atoms with E-state index in [0.717, 1.165) is 0 Å². The van der Waals surface area contributed by atoms with Crippen molar-refractivity contribution in [3.05, 3.63) is 47.1 Å². The third kappa shape index (κ3) is 2.96. The summed E-state index contributed by atoms with van der Waals surface area (Å²) >= 11 is 5.92. The van der Waals surface area contributed by atoms with E-state index in [1.54, 1.807) is 24.3 Å². The molecule has 1 aromatic carbocycles. The molecule has 0 amide bonds. The maximum atomic E-state index is 13.5. The van der Waals surface area contributed by atoms with Gasteiger partial charge in [-0.2, -0.15) is 0 Å². The minimum Gasteiger partial charge on any atom is -0.338 e. The van der Waals surface area contributed by atoms with E-state index in [0.29, 0.717) is 22.5 Å². The Morgan fingerprint density at radius 3 is 2.61 bits per heavy atom. The quantitative estimate of drug-likeness (QED) is 0.848. The molecule has 1 N–H and O–H groups in total. The highest BCUT2D eigenvalue weighted by molar-refractivity contribution is 6.29. The highest BCUT2D eigenvalue weighted by atomic mass is 35.5. The van der Waals surface area contributed by atoms with Crippen LogP contribution in [0.15, 0.2) is 30.3 Å². The molecule has 0 aliphatic heterocycles. The van der Waals surface area contributed by atoms with Crippen LogP contribution < -0.4 is 5.32 Å². The van der Waals surface area contributed by atoms with Crippen molar-refractivity contribution in [2.75, 3.05) is 5.32 Å². The van der Waals surface area contributed by atoms with Gasteiger partial charge in [0.25, 0.3) is 0 Å². The largest absolute Gasteiger partial charge is 0.338 e. The molecule has 18 heavy (non-hydrogen) atoms. The Kier molecular flexibility index (Phi) is 3.77. The molecule has 0 bridgehead atoms. The molecule has 0 saturated carbocycles. The molecule has 1 heterocycles. The first-order valence-corrected chi connectivity index (χ1v) is 6.00. The maximum absolute atomic E-state index is 13.5. The van der Waals surface area contributed by atoms with Crippen molar-refractivity contribution in [2.24, 2.45) is 0 Å². The van der Waals surface area contributed by atoms with Crippen LogP contribution in [0.1, 0.15) is 25.6 Å². The SMILES string of the molecule is CC(C)c1nc(Cl)cc(Nc2ccccc2F)n1. The number of aromatic nitrogens is 2. The number of hydrogen-bond donors (Lipinski definition) is 1. The Labute approximate surface area is 110 Å². The smallest absolute Gasteiger partial charge is 0.146 e. The second-order valence-corrected chi connectivity index (χ2v) is 4.58.